The van der Waals surface area contributed by atoms with E-state index in [0.29, 0.717) is 23.7 Å². The van der Waals surface area contributed by atoms with Crippen LogP contribution in [0.25, 0.3) is 17.4 Å². The van der Waals surface area contributed by atoms with Crippen molar-refractivity contribution in [3.8, 4) is 11.3 Å². The van der Waals surface area contributed by atoms with Gasteiger partial charge in [0.05, 0.1) is 12.4 Å². The molecular weight excluding hydrogens is 288 g/mol. The molecule has 0 saturated carbocycles. The van der Waals surface area contributed by atoms with Crippen LogP contribution < -0.4 is 5.43 Å². The summed E-state index contributed by atoms with van der Waals surface area (Å²) in [5, 5.41) is 0. The molecule has 3 heteroatoms. The third kappa shape index (κ3) is 4.71. The first-order chi connectivity index (χ1) is 11.1. The molecule has 1 aromatic heterocycles. The number of hydrogen-bond donors (Lipinski definition) is 0. The van der Waals surface area contributed by atoms with Gasteiger partial charge in [0.15, 0.2) is 5.43 Å². The molecule has 0 bridgehead atoms. The Labute approximate surface area is 136 Å². The summed E-state index contributed by atoms with van der Waals surface area (Å²) < 4.78 is 11.4. The van der Waals surface area contributed by atoms with Crippen molar-refractivity contribution in [1.82, 2.24) is 0 Å². The van der Waals surface area contributed by atoms with Crippen molar-refractivity contribution in [3.63, 3.8) is 0 Å². The number of benzene rings is 1. The molecule has 1 heterocycles. The molecule has 0 amide bonds. The number of rotatable bonds is 6. The molecular formula is C20H22O3. The summed E-state index contributed by atoms with van der Waals surface area (Å²) in [5.74, 6) is 1.97. The minimum Gasteiger partial charge on any atom is -0.498 e. The van der Waals surface area contributed by atoms with Crippen LogP contribution in [0.1, 0.15) is 31.6 Å². The van der Waals surface area contributed by atoms with Gasteiger partial charge in [-0.25, -0.2) is 0 Å². The predicted octanol–water partition coefficient (Wildman–Crippen LogP) is 4.96. The average molecular weight is 310 g/mol. The Balaban J connectivity index is 2.28. The lowest BCUT2D eigenvalue weighted by atomic mass is 10.1. The quantitative estimate of drug-likeness (QED) is 0.559. The molecule has 0 fully saturated rings. The molecule has 1 aromatic carbocycles. The molecule has 120 valence electrons. The van der Waals surface area contributed by atoms with Gasteiger partial charge in [-0.2, -0.15) is 0 Å². The summed E-state index contributed by atoms with van der Waals surface area (Å²) in [5.41, 5.74) is 1.46. The van der Waals surface area contributed by atoms with E-state index in [2.05, 4.69) is 6.92 Å². The van der Waals surface area contributed by atoms with Crippen LogP contribution >= 0.6 is 0 Å². The Morgan fingerprint density at radius 3 is 2.70 bits per heavy atom. The molecule has 0 spiro atoms. The van der Waals surface area contributed by atoms with Crippen LogP contribution in [0.5, 0.6) is 0 Å². The second kappa shape index (κ2) is 8.18. The fraction of sp³-hybridized carbons (Fsp3) is 0.250. The highest BCUT2D eigenvalue weighted by molar-refractivity contribution is 5.59. The molecule has 0 radical (unpaired) electrons. The van der Waals surface area contributed by atoms with Crippen molar-refractivity contribution in [2.75, 3.05) is 6.61 Å². The highest BCUT2D eigenvalue weighted by Crippen LogP contribution is 2.20. The van der Waals surface area contributed by atoms with Crippen LogP contribution in [-0.4, -0.2) is 6.61 Å². The number of allylic oxidation sites excluding steroid dienone is 3. The molecule has 0 unspecified atom stereocenters. The van der Waals surface area contributed by atoms with E-state index in [1.54, 1.807) is 13.0 Å². The molecule has 0 aliphatic carbocycles. The van der Waals surface area contributed by atoms with Crippen molar-refractivity contribution in [2.45, 2.75) is 27.2 Å². The zero-order valence-electron chi connectivity index (χ0n) is 13.8. The average Bonchev–Trinajstić information content (AvgIpc) is 2.57. The van der Waals surface area contributed by atoms with E-state index in [-0.39, 0.29) is 5.43 Å². The molecule has 0 aliphatic rings. The fourth-order valence-electron chi connectivity index (χ4n) is 2.06. The van der Waals surface area contributed by atoms with E-state index in [4.69, 9.17) is 9.15 Å². The lowest BCUT2D eigenvalue weighted by Gasteiger charge is -2.05. The van der Waals surface area contributed by atoms with Gasteiger partial charge < -0.3 is 9.15 Å². The third-order valence-corrected chi connectivity index (χ3v) is 3.39. The number of hydrogen-bond acceptors (Lipinski definition) is 3. The van der Waals surface area contributed by atoms with Crippen LogP contribution in [-0.2, 0) is 4.74 Å². The maximum Gasteiger partial charge on any atom is 0.188 e. The lowest BCUT2D eigenvalue weighted by Crippen LogP contribution is -2.05. The summed E-state index contributed by atoms with van der Waals surface area (Å²) in [4.78, 5) is 12.1. The lowest BCUT2D eigenvalue weighted by molar-refractivity contribution is 0.214. The predicted molar refractivity (Wildman–Crippen MR) is 94.2 cm³/mol. The summed E-state index contributed by atoms with van der Waals surface area (Å²) in [6, 6.07) is 11.1. The van der Waals surface area contributed by atoms with Crippen LogP contribution in [0.4, 0.5) is 0 Å². The maximum atomic E-state index is 12.1. The molecule has 23 heavy (non-hydrogen) atoms. The van der Waals surface area contributed by atoms with Gasteiger partial charge in [-0.3, -0.25) is 4.79 Å². The minimum absolute atomic E-state index is 0.0299. The summed E-state index contributed by atoms with van der Waals surface area (Å²) in [7, 11) is 0. The van der Waals surface area contributed by atoms with E-state index >= 15 is 0 Å². The van der Waals surface area contributed by atoms with E-state index in [1.165, 1.54) is 6.07 Å². The monoisotopic (exact) mass is 310 g/mol. The van der Waals surface area contributed by atoms with Crippen molar-refractivity contribution >= 4 is 6.08 Å². The van der Waals surface area contributed by atoms with Crippen LogP contribution in [0.15, 0.2) is 63.5 Å². The molecule has 0 atom stereocenters. The Hall–Kier alpha value is -2.55. The van der Waals surface area contributed by atoms with E-state index in [0.717, 1.165) is 17.7 Å². The first-order valence-corrected chi connectivity index (χ1v) is 7.79. The molecule has 3 nitrogen and oxygen atoms in total. The van der Waals surface area contributed by atoms with Gasteiger partial charge in [-0.15, -0.1) is 0 Å². The highest BCUT2D eigenvalue weighted by atomic mass is 16.5. The molecule has 2 rings (SSSR count). The van der Waals surface area contributed by atoms with Crippen LogP contribution in [0, 0.1) is 6.92 Å². The van der Waals surface area contributed by atoms with Gasteiger partial charge in [-0.05, 0) is 32.4 Å². The van der Waals surface area contributed by atoms with Gasteiger partial charge in [0, 0.05) is 17.2 Å². The Kier molecular flexibility index (Phi) is 5.98. The summed E-state index contributed by atoms with van der Waals surface area (Å²) in [6.07, 6.45) is 6.47. The fourth-order valence-corrected chi connectivity index (χ4v) is 2.06. The summed E-state index contributed by atoms with van der Waals surface area (Å²) >= 11 is 0. The zero-order chi connectivity index (χ0) is 16.7. The Morgan fingerprint density at radius 1 is 1.26 bits per heavy atom. The SMILES string of the molecule is CCCO/C(C)=C/C=C\c1oc(-c2ccccc2)cc(=O)c1C. The molecule has 0 aliphatic heterocycles. The zero-order valence-corrected chi connectivity index (χ0v) is 13.8. The first kappa shape index (κ1) is 16.8. The Bertz CT molecular complexity index is 752. The number of ether oxygens (including phenoxy) is 1. The normalized spacial score (nSPS) is 11.9. The van der Waals surface area contributed by atoms with Crippen molar-refractivity contribution < 1.29 is 9.15 Å². The van der Waals surface area contributed by atoms with Crippen molar-refractivity contribution in [3.05, 3.63) is 75.9 Å². The van der Waals surface area contributed by atoms with Crippen LogP contribution in [0.2, 0.25) is 0 Å². The smallest absolute Gasteiger partial charge is 0.188 e. The maximum absolute atomic E-state index is 12.1. The Morgan fingerprint density at radius 2 is 2.00 bits per heavy atom. The molecule has 2 aromatic rings. The van der Waals surface area contributed by atoms with Crippen molar-refractivity contribution in [1.29, 1.82) is 0 Å². The van der Waals surface area contributed by atoms with E-state index in [1.807, 2.05) is 49.4 Å². The van der Waals surface area contributed by atoms with Gasteiger partial charge in [0.25, 0.3) is 0 Å². The first-order valence-electron chi connectivity index (χ1n) is 7.79. The minimum atomic E-state index is -0.0299. The topological polar surface area (TPSA) is 39.4 Å². The van der Waals surface area contributed by atoms with Crippen LogP contribution in [0.3, 0.4) is 0 Å². The van der Waals surface area contributed by atoms with E-state index < -0.39 is 0 Å². The van der Waals surface area contributed by atoms with Gasteiger partial charge in [0.2, 0.25) is 0 Å². The standard InChI is InChI=1S/C20H22O3/c1-4-13-22-15(2)9-8-12-19-16(3)18(21)14-20(23-19)17-10-6-5-7-11-17/h5-12,14H,4,13H2,1-3H3/b12-8-,15-9+. The third-order valence-electron chi connectivity index (χ3n) is 3.39. The second-order valence-corrected chi connectivity index (χ2v) is 5.32. The van der Waals surface area contributed by atoms with Gasteiger partial charge in [0.1, 0.15) is 11.5 Å². The highest BCUT2D eigenvalue weighted by Gasteiger charge is 2.07. The van der Waals surface area contributed by atoms with E-state index in [9.17, 15) is 4.79 Å². The summed E-state index contributed by atoms with van der Waals surface area (Å²) in [6.45, 7) is 6.44. The van der Waals surface area contributed by atoms with Gasteiger partial charge in [-0.1, -0.05) is 43.3 Å². The van der Waals surface area contributed by atoms with Gasteiger partial charge >= 0.3 is 0 Å². The largest absolute Gasteiger partial charge is 0.498 e. The van der Waals surface area contributed by atoms with Crippen molar-refractivity contribution in [2.24, 2.45) is 0 Å². The molecule has 0 saturated heterocycles. The molecule has 0 N–H and O–H groups in total. The second-order valence-electron chi connectivity index (χ2n) is 5.32.